The van der Waals surface area contributed by atoms with Crippen molar-refractivity contribution < 1.29 is 4.79 Å². The molecule has 8 heteroatoms. The number of nitrogens with two attached hydrogens (primary N) is 1. The highest BCUT2D eigenvalue weighted by Crippen LogP contribution is 2.50. The van der Waals surface area contributed by atoms with Gasteiger partial charge in [-0.15, -0.1) is 0 Å². The van der Waals surface area contributed by atoms with E-state index in [0.717, 1.165) is 50.7 Å². The summed E-state index contributed by atoms with van der Waals surface area (Å²) >= 11 is 1.63. The van der Waals surface area contributed by atoms with E-state index in [2.05, 4.69) is 15.2 Å². The second-order valence-electron chi connectivity index (χ2n) is 6.44. The van der Waals surface area contributed by atoms with E-state index in [-0.39, 0.29) is 12.5 Å². The van der Waals surface area contributed by atoms with Crippen LogP contribution >= 0.6 is 11.8 Å². The number of carbonyl (C=O) groups excluding carboxylic acids is 1. The summed E-state index contributed by atoms with van der Waals surface area (Å²) in [5, 5.41) is 8.84. The molecule has 1 aromatic carbocycles. The Morgan fingerprint density at radius 3 is 2.96 bits per heavy atom. The molecule has 0 unspecified atom stereocenters. The van der Waals surface area contributed by atoms with Crippen LogP contribution in [0.15, 0.2) is 40.4 Å². The maximum absolute atomic E-state index is 11.8. The Bertz CT molecular complexity index is 997. The van der Waals surface area contributed by atoms with Crippen molar-refractivity contribution in [2.75, 3.05) is 32.5 Å². The van der Waals surface area contributed by atoms with Crippen LogP contribution in [0.2, 0.25) is 0 Å². The summed E-state index contributed by atoms with van der Waals surface area (Å²) in [6.45, 7) is 1.64. The van der Waals surface area contributed by atoms with Gasteiger partial charge in [-0.05, 0) is 32.3 Å². The summed E-state index contributed by atoms with van der Waals surface area (Å²) in [6.07, 6.45) is 3.63. The van der Waals surface area contributed by atoms with Crippen molar-refractivity contribution in [3.8, 4) is 11.3 Å². The smallest absolute Gasteiger partial charge is 0.238 e. The molecule has 0 fully saturated rings. The Balaban J connectivity index is 1.91. The lowest BCUT2D eigenvalue weighted by atomic mass is 10.1. The zero-order chi connectivity index (χ0) is 18.3. The quantitative estimate of drug-likeness (QED) is 0.560. The van der Waals surface area contributed by atoms with Crippen LogP contribution < -0.4 is 11.1 Å². The third-order valence-electron chi connectivity index (χ3n) is 4.34. The van der Waals surface area contributed by atoms with E-state index in [1.165, 1.54) is 0 Å². The molecule has 0 bridgehead atoms. The molecule has 26 heavy (non-hydrogen) atoms. The molecule has 4 rings (SSSR count). The lowest BCUT2D eigenvalue weighted by Gasteiger charge is -2.18. The van der Waals surface area contributed by atoms with Crippen molar-refractivity contribution in [2.24, 2.45) is 5.73 Å². The maximum atomic E-state index is 11.8. The van der Waals surface area contributed by atoms with Crippen LogP contribution in [-0.4, -0.2) is 52.8 Å². The molecule has 0 saturated heterocycles. The van der Waals surface area contributed by atoms with Crippen LogP contribution in [0.1, 0.15) is 0 Å². The first-order valence-electron chi connectivity index (χ1n) is 8.39. The number of aromatic nitrogens is 3. The van der Waals surface area contributed by atoms with Gasteiger partial charge in [0.15, 0.2) is 0 Å². The number of benzene rings is 1. The van der Waals surface area contributed by atoms with E-state index in [4.69, 9.17) is 10.8 Å². The Hall–Kier alpha value is -2.42. The number of hydrogen-bond donors (Lipinski definition) is 2. The fourth-order valence-electron chi connectivity index (χ4n) is 3.06. The number of pyridine rings is 1. The van der Waals surface area contributed by atoms with Crippen molar-refractivity contribution in [3.05, 3.63) is 30.6 Å². The number of amides is 1. The van der Waals surface area contributed by atoms with E-state index in [1.54, 1.807) is 18.0 Å². The highest BCUT2D eigenvalue weighted by Gasteiger charge is 2.26. The molecule has 0 aliphatic carbocycles. The SMILES string of the molecule is CN(C)CCn1nc2c3c(c(NC(=O)CN)ccc31)Sc1ccncc1-2. The molecular formula is C18H20N6OS. The minimum absolute atomic E-state index is 0.0440. The molecular weight excluding hydrogens is 348 g/mol. The molecule has 3 heterocycles. The average molecular weight is 368 g/mol. The van der Waals surface area contributed by atoms with E-state index in [9.17, 15) is 4.79 Å². The monoisotopic (exact) mass is 368 g/mol. The highest BCUT2D eigenvalue weighted by atomic mass is 32.2. The van der Waals surface area contributed by atoms with Gasteiger partial charge in [0.25, 0.3) is 0 Å². The fraction of sp³-hybridized carbons (Fsp3) is 0.278. The van der Waals surface area contributed by atoms with Gasteiger partial charge in [-0.3, -0.25) is 14.5 Å². The number of anilines is 1. The number of carbonyl (C=O) groups is 1. The molecule has 1 aliphatic rings. The third kappa shape index (κ3) is 2.86. The average Bonchev–Trinajstić information content (AvgIpc) is 3.02. The zero-order valence-electron chi connectivity index (χ0n) is 14.7. The summed E-state index contributed by atoms with van der Waals surface area (Å²) in [5.74, 6) is -0.205. The standard InChI is InChI=1S/C18H20N6OS/c1-23(2)7-8-24-13-4-3-12(21-15(25)9-19)18-16(13)17(22-24)11-10-20-6-5-14(11)26-18/h3-6,10H,7-9,19H2,1-2H3,(H,21,25). The van der Waals surface area contributed by atoms with E-state index < -0.39 is 0 Å². The van der Waals surface area contributed by atoms with E-state index in [1.807, 2.05) is 43.2 Å². The van der Waals surface area contributed by atoms with Gasteiger partial charge < -0.3 is 16.0 Å². The summed E-state index contributed by atoms with van der Waals surface area (Å²) in [7, 11) is 4.09. The van der Waals surface area contributed by atoms with Gasteiger partial charge >= 0.3 is 0 Å². The fourth-order valence-corrected chi connectivity index (χ4v) is 4.20. The molecule has 1 aliphatic heterocycles. The molecule has 3 N–H and O–H groups in total. The topological polar surface area (TPSA) is 89.1 Å². The largest absolute Gasteiger partial charge is 0.324 e. The van der Waals surface area contributed by atoms with Gasteiger partial charge in [0.2, 0.25) is 5.91 Å². The molecule has 3 aromatic rings. The number of hydrogen-bond acceptors (Lipinski definition) is 6. The second-order valence-corrected chi connectivity index (χ2v) is 7.49. The van der Waals surface area contributed by atoms with Gasteiger partial charge in [0.05, 0.1) is 24.3 Å². The van der Waals surface area contributed by atoms with E-state index >= 15 is 0 Å². The van der Waals surface area contributed by atoms with Gasteiger partial charge in [0, 0.05) is 39.7 Å². The van der Waals surface area contributed by atoms with Crippen molar-refractivity contribution in [2.45, 2.75) is 16.3 Å². The molecule has 134 valence electrons. The Labute approximate surface area is 155 Å². The molecule has 1 amide bonds. The Kier molecular flexibility index (Phi) is 4.39. The van der Waals surface area contributed by atoms with Crippen molar-refractivity contribution >= 4 is 34.3 Å². The van der Waals surface area contributed by atoms with Crippen LogP contribution in [0.4, 0.5) is 5.69 Å². The first-order chi connectivity index (χ1) is 12.6. The predicted molar refractivity (Wildman–Crippen MR) is 103 cm³/mol. The summed E-state index contributed by atoms with van der Waals surface area (Å²) in [6, 6.07) is 5.93. The number of nitrogens with one attached hydrogen (secondary N) is 1. The van der Waals surface area contributed by atoms with Crippen LogP contribution in [-0.2, 0) is 11.3 Å². The van der Waals surface area contributed by atoms with Crippen molar-refractivity contribution in [1.82, 2.24) is 19.7 Å². The van der Waals surface area contributed by atoms with E-state index in [0.29, 0.717) is 0 Å². The molecule has 0 spiro atoms. The van der Waals surface area contributed by atoms with Crippen LogP contribution in [0, 0.1) is 0 Å². The Morgan fingerprint density at radius 2 is 2.19 bits per heavy atom. The summed E-state index contributed by atoms with van der Waals surface area (Å²) in [4.78, 5) is 20.3. The zero-order valence-corrected chi connectivity index (χ0v) is 15.5. The second kappa shape index (κ2) is 6.71. The van der Waals surface area contributed by atoms with Crippen LogP contribution in [0.25, 0.3) is 22.2 Å². The summed E-state index contributed by atoms with van der Waals surface area (Å²) < 4.78 is 2.03. The normalized spacial score (nSPS) is 12.5. The number of nitrogens with zero attached hydrogens (tertiary/aromatic N) is 4. The molecule has 0 atom stereocenters. The highest BCUT2D eigenvalue weighted by molar-refractivity contribution is 8.00. The Morgan fingerprint density at radius 1 is 1.35 bits per heavy atom. The number of fused-ring (bicyclic) bond motifs is 2. The van der Waals surface area contributed by atoms with Crippen molar-refractivity contribution in [1.29, 1.82) is 0 Å². The predicted octanol–water partition coefficient (Wildman–Crippen LogP) is 2.02. The van der Waals surface area contributed by atoms with Crippen LogP contribution in [0.5, 0.6) is 0 Å². The maximum Gasteiger partial charge on any atom is 0.238 e. The van der Waals surface area contributed by atoms with Crippen LogP contribution in [0.3, 0.4) is 0 Å². The molecule has 0 saturated carbocycles. The molecule has 0 radical (unpaired) electrons. The lowest BCUT2D eigenvalue weighted by molar-refractivity contribution is -0.114. The number of rotatable bonds is 5. The van der Waals surface area contributed by atoms with Gasteiger partial charge in [-0.1, -0.05) is 11.8 Å². The minimum Gasteiger partial charge on any atom is -0.324 e. The van der Waals surface area contributed by atoms with Crippen molar-refractivity contribution in [3.63, 3.8) is 0 Å². The lowest BCUT2D eigenvalue weighted by Crippen LogP contribution is -2.22. The molecule has 7 nitrogen and oxygen atoms in total. The number of likely N-dealkylation sites (N-methyl/N-ethyl adjacent to an activating group) is 1. The minimum atomic E-state index is -0.205. The first kappa shape index (κ1) is 17.0. The molecule has 2 aromatic heterocycles. The van der Waals surface area contributed by atoms with Gasteiger partial charge in [0.1, 0.15) is 5.69 Å². The van der Waals surface area contributed by atoms with Gasteiger partial charge in [-0.25, -0.2) is 0 Å². The first-order valence-corrected chi connectivity index (χ1v) is 9.20. The van der Waals surface area contributed by atoms with Gasteiger partial charge in [-0.2, -0.15) is 5.10 Å². The summed E-state index contributed by atoms with van der Waals surface area (Å²) in [5.41, 5.74) is 9.24. The third-order valence-corrected chi connectivity index (χ3v) is 5.54.